The maximum absolute atomic E-state index is 13.1. The Morgan fingerprint density at radius 3 is 2.41 bits per heavy atom. The summed E-state index contributed by atoms with van der Waals surface area (Å²) in [7, 11) is -0.163. The van der Waals surface area contributed by atoms with Gasteiger partial charge < -0.3 is 19.5 Å². The quantitative estimate of drug-likeness (QED) is 0.242. The fourth-order valence-electron chi connectivity index (χ4n) is 3.56. The van der Waals surface area contributed by atoms with Gasteiger partial charge in [-0.25, -0.2) is 9.59 Å². The lowest BCUT2D eigenvalue weighted by Gasteiger charge is -2.31. The van der Waals surface area contributed by atoms with Crippen LogP contribution in [0.2, 0.25) is 25.7 Å². The van der Waals surface area contributed by atoms with E-state index in [1.807, 2.05) is 42.5 Å². The normalized spacial score (nSPS) is 17.7. The Hall–Kier alpha value is -2.61. The van der Waals surface area contributed by atoms with Gasteiger partial charge in [0.2, 0.25) is 0 Å². The molecule has 0 bridgehead atoms. The van der Waals surface area contributed by atoms with E-state index in [2.05, 4.69) is 25.0 Å². The third-order valence-electron chi connectivity index (χ3n) is 5.42. The van der Waals surface area contributed by atoms with Gasteiger partial charge in [0.25, 0.3) is 0 Å². The van der Waals surface area contributed by atoms with E-state index in [4.69, 9.17) is 14.2 Å². The Balaban J connectivity index is 2.14. The summed E-state index contributed by atoms with van der Waals surface area (Å²) in [6.45, 7) is 6.94. The van der Waals surface area contributed by atoms with E-state index in [-0.39, 0.29) is 12.5 Å². The van der Waals surface area contributed by atoms with Crippen molar-refractivity contribution < 1.29 is 28.6 Å². The molecule has 1 N–H and O–H groups in total. The SMILES string of the molecule is COC(=O)[C@@H](NC(=O)OCc1ccccc1)[C@H](C(=O)OCC[Si](C)(C)C)C1C=CCCC1. The van der Waals surface area contributed by atoms with Gasteiger partial charge in [-0.1, -0.05) is 62.1 Å². The molecule has 8 heteroatoms. The number of nitrogens with one attached hydrogen (secondary N) is 1. The lowest BCUT2D eigenvalue weighted by Crippen LogP contribution is -2.52. The molecule has 0 saturated heterocycles. The van der Waals surface area contributed by atoms with Gasteiger partial charge in [0.1, 0.15) is 12.6 Å². The van der Waals surface area contributed by atoms with E-state index in [1.165, 1.54) is 7.11 Å². The van der Waals surface area contributed by atoms with Crippen LogP contribution in [-0.4, -0.2) is 45.9 Å². The number of carbonyl (C=O) groups is 3. The number of hydrogen-bond donors (Lipinski definition) is 1. The molecule has 0 saturated carbocycles. The summed E-state index contributed by atoms with van der Waals surface area (Å²) in [4.78, 5) is 38.2. The number of methoxy groups -OCH3 is 1. The van der Waals surface area contributed by atoms with Crippen molar-refractivity contribution in [2.75, 3.05) is 13.7 Å². The van der Waals surface area contributed by atoms with Gasteiger partial charge in [0.15, 0.2) is 0 Å². The molecule has 1 unspecified atom stereocenters. The lowest BCUT2D eigenvalue weighted by atomic mass is 9.80. The van der Waals surface area contributed by atoms with Gasteiger partial charge in [-0.15, -0.1) is 0 Å². The number of allylic oxidation sites excluding steroid dienone is 2. The second-order valence-electron chi connectivity index (χ2n) is 9.23. The van der Waals surface area contributed by atoms with Crippen molar-refractivity contribution in [3.05, 3.63) is 48.0 Å². The van der Waals surface area contributed by atoms with Crippen LogP contribution in [0.3, 0.4) is 0 Å². The Morgan fingerprint density at radius 2 is 1.81 bits per heavy atom. The van der Waals surface area contributed by atoms with Gasteiger partial charge in [-0.3, -0.25) is 4.79 Å². The average Bonchev–Trinajstić information content (AvgIpc) is 2.77. The first kappa shape index (κ1) is 25.6. The van der Waals surface area contributed by atoms with Crippen molar-refractivity contribution in [2.45, 2.75) is 57.6 Å². The van der Waals surface area contributed by atoms with Crippen molar-refractivity contribution in [3.8, 4) is 0 Å². The predicted octanol–water partition coefficient (Wildman–Crippen LogP) is 4.31. The molecule has 0 aliphatic heterocycles. The minimum Gasteiger partial charge on any atom is -0.467 e. The van der Waals surface area contributed by atoms with E-state index in [9.17, 15) is 14.4 Å². The van der Waals surface area contributed by atoms with Crippen LogP contribution in [0.4, 0.5) is 4.79 Å². The Bertz CT molecular complexity index is 789. The molecular weight excluding hydrogens is 426 g/mol. The van der Waals surface area contributed by atoms with E-state index in [1.54, 1.807) is 0 Å². The Kier molecular flexibility index (Phi) is 9.96. The fourth-order valence-corrected chi connectivity index (χ4v) is 4.28. The van der Waals surface area contributed by atoms with Gasteiger partial charge in [0, 0.05) is 8.07 Å². The molecule has 1 amide bonds. The summed E-state index contributed by atoms with van der Waals surface area (Å²) in [5.74, 6) is -2.32. The van der Waals surface area contributed by atoms with Crippen LogP contribution < -0.4 is 5.32 Å². The molecule has 0 aromatic heterocycles. The van der Waals surface area contributed by atoms with Gasteiger partial charge >= 0.3 is 18.0 Å². The molecule has 32 heavy (non-hydrogen) atoms. The first-order chi connectivity index (χ1) is 15.2. The highest BCUT2D eigenvalue weighted by Gasteiger charge is 2.42. The van der Waals surface area contributed by atoms with Crippen LogP contribution in [-0.2, 0) is 30.4 Å². The summed E-state index contributed by atoms with van der Waals surface area (Å²) >= 11 is 0. The van der Waals surface area contributed by atoms with Crippen molar-refractivity contribution in [3.63, 3.8) is 0 Å². The molecule has 1 aromatic rings. The molecule has 7 nitrogen and oxygen atoms in total. The number of ether oxygens (including phenoxy) is 3. The molecule has 0 heterocycles. The van der Waals surface area contributed by atoms with Crippen molar-refractivity contribution in [1.82, 2.24) is 5.32 Å². The highest BCUT2D eigenvalue weighted by Crippen LogP contribution is 2.29. The molecule has 0 fully saturated rings. The lowest BCUT2D eigenvalue weighted by molar-refractivity contribution is -0.158. The van der Waals surface area contributed by atoms with E-state index in [0.717, 1.165) is 30.9 Å². The fraction of sp³-hybridized carbons (Fsp3) is 0.542. The summed E-state index contributed by atoms with van der Waals surface area (Å²) in [6, 6.07) is 8.84. The van der Waals surface area contributed by atoms with Crippen molar-refractivity contribution >= 4 is 26.1 Å². The number of carbonyl (C=O) groups excluding carboxylic acids is 3. The van der Waals surface area contributed by atoms with Crippen molar-refractivity contribution in [2.24, 2.45) is 11.8 Å². The van der Waals surface area contributed by atoms with Crippen LogP contribution in [0.25, 0.3) is 0 Å². The summed E-state index contributed by atoms with van der Waals surface area (Å²) in [6.07, 6.45) is 5.68. The average molecular weight is 462 g/mol. The first-order valence-corrected chi connectivity index (χ1v) is 14.8. The summed E-state index contributed by atoms with van der Waals surface area (Å²) in [5, 5.41) is 2.56. The third-order valence-corrected chi connectivity index (χ3v) is 7.13. The Labute approximate surface area is 191 Å². The number of amides is 1. The van der Waals surface area contributed by atoms with Gasteiger partial charge in [0.05, 0.1) is 19.6 Å². The maximum atomic E-state index is 13.1. The monoisotopic (exact) mass is 461 g/mol. The number of benzene rings is 1. The second-order valence-corrected chi connectivity index (χ2v) is 14.9. The summed E-state index contributed by atoms with van der Waals surface area (Å²) in [5.41, 5.74) is 0.815. The van der Waals surface area contributed by atoms with Gasteiger partial charge in [-0.05, 0) is 36.8 Å². The molecule has 1 aromatic carbocycles. The van der Waals surface area contributed by atoms with E-state index < -0.39 is 38.1 Å². The predicted molar refractivity (Wildman–Crippen MR) is 125 cm³/mol. The zero-order chi connectivity index (χ0) is 23.6. The van der Waals surface area contributed by atoms with Crippen LogP contribution >= 0.6 is 0 Å². The number of alkyl carbamates (subject to hydrolysis) is 1. The van der Waals surface area contributed by atoms with E-state index in [0.29, 0.717) is 6.61 Å². The topological polar surface area (TPSA) is 90.9 Å². The molecule has 1 aliphatic rings. The van der Waals surface area contributed by atoms with Crippen molar-refractivity contribution in [1.29, 1.82) is 0 Å². The molecule has 3 atom stereocenters. The highest BCUT2D eigenvalue weighted by molar-refractivity contribution is 6.76. The minimum absolute atomic E-state index is 0.0508. The molecule has 1 aliphatic carbocycles. The summed E-state index contributed by atoms with van der Waals surface area (Å²) < 4.78 is 15.8. The highest BCUT2D eigenvalue weighted by atomic mass is 28.3. The van der Waals surface area contributed by atoms with Crippen LogP contribution in [0.5, 0.6) is 0 Å². The first-order valence-electron chi connectivity index (χ1n) is 11.1. The molecular formula is C24H35NO6Si. The largest absolute Gasteiger partial charge is 0.467 e. The minimum atomic E-state index is -1.40. The smallest absolute Gasteiger partial charge is 0.408 e. The van der Waals surface area contributed by atoms with Crippen LogP contribution in [0, 0.1) is 11.8 Å². The zero-order valence-corrected chi connectivity index (χ0v) is 20.5. The number of hydrogen-bond acceptors (Lipinski definition) is 6. The van der Waals surface area contributed by atoms with Gasteiger partial charge in [-0.2, -0.15) is 0 Å². The molecule has 0 spiro atoms. The van der Waals surface area contributed by atoms with Crippen LogP contribution in [0.15, 0.2) is 42.5 Å². The van der Waals surface area contributed by atoms with Crippen LogP contribution in [0.1, 0.15) is 24.8 Å². The maximum Gasteiger partial charge on any atom is 0.408 e. The molecule has 0 radical (unpaired) electrons. The number of rotatable bonds is 10. The van der Waals surface area contributed by atoms with E-state index >= 15 is 0 Å². The standard InChI is InChI=1S/C24H35NO6Si/c1-29-23(27)21(25-24(28)31-17-18-11-7-5-8-12-18)20(19-13-9-6-10-14-19)22(26)30-15-16-32(2,3)4/h5,7-9,11-13,19-21H,6,10,14-17H2,1-4H3,(H,25,28)/t19?,20-,21+/m1/s1. The second kappa shape index (κ2) is 12.4. The zero-order valence-electron chi connectivity index (χ0n) is 19.5. The Morgan fingerprint density at radius 1 is 1.09 bits per heavy atom. The third kappa shape index (κ3) is 8.49. The molecule has 2 rings (SSSR count). The number of esters is 2. The molecule has 176 valence electrons.